The highest BCUT2D eigenvalue weighted by Gasteiger charge is 2.16. The molecule has 0 aliphatic carbocycles. The molecule has 0 unspecified atom stereocenters. The molecule has 0 fully saturated rings. The summed E-state index contributed by atoms with van der Waals surface area (Å²) >= 11 is 6.14. The van der Waals surface area contributed by atoms with Crippen LogP contribution in [-0.2, 0) is 9.59 Å². The second kappa shape index (κ2) is 5.53. The van der Waals surface area contributed by atoms with E-state index in [0.717, 1.165) is 0 Å². The molecule has 70 valence electrons. The molecule has 0 rings (SSSR count). The van der Waals surface area contributed by atoms with Crippen molar-refractivity contribution in [1.82, 2.24) is 0 Å². The molecule has 0 aromatic heterocycles. The molecule has 12 heavy (non-hydrogen) atoms. The quantitative estimate of drug-likeness (QED) is 0.714. The predicted octanol–water partition coefficient (Wildman–Crippen LogP) is 0.264. The smallest absolute Gasteiger partial charge is 0.231 e. The van der Waals surface area contributed by atoms with Gasteiger partial charge in [0, 0.05) is 0 Å². The van der Waals surface area contributed by atoms with Gasteiger partial charge in [0.25, 0.3) is 0 Å². The lowest BCUT2D eigenvalue weighted by atomic mass is 10.2. The number of amides is 2. The monoisotopic (exact) mass is 300 g/mol. The molecular formula is C6H10Br2N2O2. The molecule has 6 heteroatoms. The molecule has 0 saturated heterocycles. The van der Waals surface area contributed by atoms with E-state index >= 15 is 0 Å². The molecule has 0 heterocycles. The number of carbonyl (C=O) groups excluding carboxylic acids is 2. The van der Waals surface area contributed by atoms with Gasteiger partial charge in [0.2, 0.25) is 11.8 Å². The van der Waals surface area contributed by atoms with Gasteiger partial charge in [-0.15, -0.1) is 0 Å². The van der Waals surface area contributed by atoms with Gasteiger partial charge in [0.05, 0.1) is 9.65 Å². The molecule has 4 N–H and O–H groups in total. The van der Waals surface area contributed by atoms with Gasteiger partial charge in [-0.3, -0.25) is 9.59 Å². The summed E-state index contributed by atoms with van der Waals surface area (Å²) in [7, 11) is 0. The molecule has 4 nitrogen and oxygen atoms in total. The highest BCUT2D eigenvalue weighted by atomic mass is 79.9. The SMILES string of the molecule is NC(=O)[C@H](Br)CC[C@@H](Br)C(N)=O. The van der Waals surface area contributed by atoms with Gasteiger partial charge >= 0.3 is 0 Å². The Morgan fingerprint density at radius 2 is 1.25 bits per heavy atom. The lowest BCUT2D eigenvalue weighted by Gasteiger charge is -2.07. The zero-order valence-corrected chi connectivity index (χ0v) is 9.47. The molecule has 0 saturated carbocycles. The summed E-state index contributed by atoms with van der Waals surface area (Å²) in [6.07, 6.45) is 0.988. The van der Waals surface area contributed by atoms with Crippen molar-refractivity contribution in [1.29, 1.82) is 0 Å². The van der Waals surface area contributed by atoms with E-state index in [-0.39, 0.29) is 0 Å². The highest BCUT2D eigenvalue weighted by Crippen LogP contribution is 2.13. The Labute approximate surface area is 87.3 Å². The third-order valence-corrected chi connectivity index (χ3v) is 3.11. The van der Waals surface area contributed by atoms with Crippen LogP contribution in [0.15, 0.2) is 0 Å². The molecule has 0 aliphatic rings. The van der Waals surface area contributed by atoms with Gasteiger partial charge in [0.1, 0.15) is 0 Å². The van der Waals surface area contributed by atoms with Crippen LogP contribution in [0.4, 0.5) is 0 Å². The van der Waals surface area contributed by atoms with Crippen LogP contribution >= 0.6 is 31.9 Å². The topological polar surface area (TPSA) is 86.2 Å². The number of alkyl halides is 2. The van der Waals surface area contributed by atoms with Gasteiger partial charge in [-0.1, -0.05) is 31.9 Å². The van der Waals surface area contributed by atoms with E-state index in [9.17, 15) is 9.59 Å². The summed E-state index contributed by atoms with van der Waals surface area (Å²) in [5.41, 5.74) is 9.96. The van der Waals surface area contributed by atoms with Crippen molar-refractivity contribution >= 4 is 43.7 Å². The van der Waals surface area contributed by atoms with Gasteiger partial charge in [0.15, 0.2) is 0 Å². The summed E-state index contributed by atoms with van der Waals surface area (Å²) in [5.74, 6) is -0.863. The van der Waals surface area contributed by atoms with Crippen LogP contribution in [0.1, 0.15) is 12.8 Å². The average molecular weight is 302 g/mol. The number of hydrogen-bond donors (Lipinski definition) is 2. The van der Waals surface area contributed by atoms with Crippen molar-refractivity contribution in [2.24, 2.45) is 11.5 Å². The number of primary amides is 2. The highest BCUT2D eigenvalue weighted by molar-refractivity contribution is 9.10. The van der Waals surface area contributed by atoms with Crippen LogP contribution in [-0.4, -0.2) is 21.5 Å². The Morgan fingerprint density at radius 1 is 1.00 bits per heavy atom. The first-order valence-corrected chi connectivity index (χ1v) is 5.15. The Bertz CT molecular complexity index is 166. The van der Waals surface area contributed by atoms with Gasteiger partial charge in [-0.05, 0) is 12.8 Å². The minimum Gasteiger partial charge on any atom is -0.369 e. The molecule has 0 spiro atoms. The molecule has 0 aromatic rings. The van der Waals surface area contributed by atoms with Crippen LogP contribution in [0.2, 0.25) is 0 Å². The molecule has 0 radical (unpaired) electrons. The fourth-order valence-electron chi connectivity index (χ4n) is 0.577. The molecule has 0 bridgehead atoms. The first-order chi connectivity index (χ1) is 5.45. The molecule has 2 amide bonds. The van der Waals surface area contributed by atoms with Crippen LogP contribution in [0.5, 0.6) is 0 Å². The first-order valence-electron chi connectivity index (χ1n) is 3.32. The summed E-state index contributed by atoms with van der Waals surface area (Å²) in [4.78, 5) is 20.3. The number of rotatable bonds is 5. The minimum atomic E-state index is -0.431. The van der Waals surface area contributed by atoms with Crippen LogP contribution < -0.4 is 11.5 Å². The molecule has 0 aliphatic heterocycles. The van der Waals surface area contributed by atoms with Gasteiger partial charge < -0.3 is 11.5 Å². The van der Waals surface area contributed by atoms with Crippen LogP contribution in [0.3, 0.4) is 0 Å². The van der Waals surface area contributed by atoms with Crippen molar-refractivity contribution < 1.29 is 9.59 Å². The first kappa shape index (κ1) is 11.9. The summed E-state index contributed by atoms with van der Waals surface area (Å²) in [6, 6.07) is 0. The Hall–Kier alpha value is -0.100. The number of hydrogen-bond acceptors (Lipinski definition) is 2. The van der Waals surface area contributed by atoms with Gasteiger partial charge in [-0.2, -0.15) is 0 Å². The summed E-state index contributed by atoms with van der Waals surface area (Å²) < 4.78 is 0. The third-order valence-electron chi connectivity index (χ3n) is 1.29. The normalized spacial score (nSPS) is 15.2. The summed E-state index contributed by atoms with van der Waals surface area (Å²) in [5, 5.41) is 0. The number of nitrogens with two attached hydrogens (primary N) is 2. The van der Waals surface area contributed by atoms with Crippen molar-refractivity contribution in [2.45, 2.75) is 22.5 Å². The van der Waals surface area contributed by atoms with Crippen molar-refractivity contribution in [3.8, 4) is 0 Å². The van der Waals surface area contributed by atoms with E-state index in [1.807, 2.05) is 0 Å². The van der Waals surface area contributed by atoms with E-state index < -0.39 is 21.5 Å². The zero-order chi connectivity index (χ0) is 9.72. The second-order valence-corrected chi connectivity index (χ2v) is 4.53. The van der Waals surface area contributed by atoms with Crippen LogP contribution in [0, 0.1) is 0 Å². The molecule has 0 aromatic carbocycles. The zero-order valence-electron chi connectivity index (χ0n) is 6.30. The van der Waals surface area contributed by atoms with E-state index in [1.165, 1.54) is 0 Å². The fourth-order valence-corrected chi connectivity index (χ4v) is 1.11. The third kappa shape index (κ3) is 4.71. The predicted molar refractivity (Wildman–Crippen MR) is 53.1 cm³/mol. The molecular weight excluding hydrogens is 292 g/mol. The Morgan fingerprint density at radius 3 is 1.42 bits per heavy atom. The maximum absolute atomic E-state index is 10.5. The maximum atomic E-state index is 10.5. The van der Waals surface area contributed by atoms with E-state index in [1.54, 1.807) is 0 Å². The number of carbonyl (C=O) groups is 2. The van der Waals surface area contributed by atoms with E-state index in [2.05, 4.69) is 31.9 Å². The van der Waals surface area contributed by atoms with Crippen molar-refractivity contribution in [3.05, 3.63) is 0 Å². The lowest BCUT2D eigenvalue weighted by Crippen LogP contribution is -2.27. The maximum Gasteiger partial charge on any atom is 0.231 e. The largest absolute Gasteiger partial charge is 0.369 e. The Balaban J connectivity index is 3.68. The molecule has 2 atom stereocenters. The average Bonchev–Trinajstić information content (AvgIpc) is 1.98. The lowest BCUT2D eigenvalue weighted by molar-refractivity contribution is -0.119. The minimum absolute atomic E-state index is 0.392. The number of halogens is 2. The van der Waals surface area contributed by atoms with E-state index in [4.69, 9.17) is 11.5 Å². The summed E-state index contributed by atoms with van der Waals surface area (Å²) in [6.45, 7) is 0. The fraction of sp³-hybridized carbons (Fsp3) is 0.667. The van der Waals surface area contributed by atoms with Crippen molar-refractivity contribution in [3.63, 3.8) is 0 Å². The Kier molecular flexibility index (Phi) is 5.48. The van der Waals surface area contributed by atoms with Crippen LogP contribution in [0.25, 0.3) is 0 Å². The van der Waals surface area contributed by atoms with Crippen molar-refractivity contribution in [2.75, 3.05) is 0 Å². The van der Waals surface area contributed by atoms with E-state index in [0.29, 0.717) is 12.8 Å². The van der Waals surface area contributed by atoms with Gasteiger partial charge in [-0.25, -0.2) is 0 Å². The standard InChI is InChI=1S/C6H10Br2N2O2/c7-3(5(9)11)1-2-4(8)6(10)12/h3-4H,1-2H2,(H2,9,11)(H2,10,12)/t3-,4-/m1/s1. The second-order valence-electron chi connectivity index (χ2n) is 2.32.